The van der Waals surface area contributed by atoms with Crippen molar-refractivity contribution in [2.45, 2.75) is 6.92 Å². The van der Waals surface area contributed by atoms with E-state index in [1.807, 2.05) is 6.92 Å². The third kappa shape index (κ3) is 5.82. The van der Waals surface area contributed by atoms with Crippen molar-refractivity contribution < 1.29 is 19.1 Å². The van der Waals surface area contributed by atoms with Crippen molar-refractivity contribution in [2.24, 2.45) is 0 Å². The molecule has 0 fully saturated rings. The lowest BCUT2D eigenvalue weighted by molar-refractivity contribution is -0.133. The number of anilines is 2. The van der Waals surface area contributed by atoms with E-state index >= 15 is 0 Å². The molecule has 0 atom stereocenters. The predicted octanol–water partition coefficient (Wildman–Crippen LogP) is 5.42. The van der Waals surface area contributed by atoms with E-state index in [1.165, 1.54) is 10.7 Å². The van der Waals surface area contributed by atoms with Crippen molar-refractivity contribution >= 4 is 67.5 Å². The third-order valence-electron chi connectivity index (χ3n) is 4.92. The first-order valence-corrected chi connectivity index (χ1v) is 11.7. The fourth-order valence-corrected chi connectivity index (χ4v) is 3.95. The SMILES string of the molecule is CCOc1ccc(NC(=O)c2cc3cc(Br)ccc3n2NC(=O)C(=O)Nc2cccc(Cl)c2)cc1. The average molecular weight is 556 g/mol. The number of fused-ring (bicyclic) bond motifs is 1. The summed E-state index contributed by atoms with van der Waals surface area (Å²) in [4.78, 5) is 38.3. The zero-order valence-electron chi connectivity index (χ0n) is 18.5. The average Bonchev–Trinajstić information content (AvgIpc) is 3.18. The maximum Gasteiger partial charge on any atom is 0.328 e. The van der Waals surface area contributed by atoms with Gasteiger partial charge in [0.05, 0.1) is 12.1 Å². The highest BCUT2D eigenvalue weighted by Gasteiger charge is 2.21. The first-order valence-electron chi connectivity index (χ1n) is 10.6. The molecule has 4 rings (SSSR count). The molecular formula is C25H20BrClN4O4. The second-order valence-corrected chi connectivity index (χ2v) is 8.74. The maximum atomic E-state index is 13.1. The third-order valence-corrected chi connectivity index (χ3v) is 5.65. The molecule has 1 aromatic heterocycles. The van der Waals surface area contributed by atoms with Gasteiger partial charge < -0.3 is 15.4 Å². The quantitative estimate of drug-likeness (QED) is 0.277. The number of hydrogen-bond acceptors (Lipinski definition) is 4. The second kappa shape index (κ2) is 10.6. The molecule has 4 aromatic rings. The molecule has 0 unspecified atom stereocenters. The van der Waals surface area contributed by atoms with Crippen LogP contribution in [0.3, 0.4) is 0 Å². The molecule has 3 aromatic carbocycles. The van der Waals surface area contributed by atoms with E-state index in [2.05, 4.69) is 32.0 Å². The largest absolute Gasteiger partial charge is 0.494 e. The van der Waals surface area contributed by atoms with E-state index in [-0.39, 0.29) is 5.69 Å². The number of amides is 3. The van der Waals surface area contributed by atoms with Crippen molar-refractivity contribution in [3.05, 3.63) is 88.0 Å². The normalized spacial score (nSPS) is 10.6. The van der Waals surface area contributed by atoms with Gasteiger partial charge in [0.15, 0.2) is 0 Å². The zero-order valence-corrected chi connectivity index (χ0v) is 20.8. The number of aromatic nitrogens is 1. The standard InChI is InChI=1S/C25H20BrClN4O4/c1-2-35-20-9-7-18(8-10-20)28-23(32)22-13-15-12-16(26)6-11-21(15)31(22)30-25(34)24(33)29-19-5-3-4-17(27)14-19/h3-14H,2H2,1H3,(H,28,32)(H,29,33)(H,30,34). The van der Waals surface area contributed by atoms with Crippen LogP contribution in [0.1, 0.15) is 17.4 Å². The van der Waals surface area contributed by atoms with Crippen LogP contribution in [0.4, 0.5) is 11.4 Å². The Morgan fingerprint density at radius 2 is 1.69 bits per heavy atom. The Kier molecular flexibility index (Phi) is 7.38. The van der Waals surface area contributed by atoms with Crippen molar-refractivity contribution in [2.75, 3.05) is 22.7 Å². The highest BCUT2D eigenvalue weighted by Crippen LogP contribution is 2.24. The first-order chi connectivity index (χ1) is 16.8. The minimum atomic E-state index is -0.958. The molecule has 8 nitrogen and oxygen atoms in total. The number of carbonyl (C=O) groups excluding carboxylic acids is 3. The highest BCUT2D eigenvalue weighted by molar-refractivity contribution is 9.10. The number of benzene rings is 3. The van der Waals surface area contributed by atoms with Crippen molar-refractivity contribution in [1.29, 1.82) is 0 Å². The van der Waals surface area contributed by atoms with Crippen LogP contribution in [0.25, 0.3) is 10.9 Å². The summed E-state index contributed by atoms with van der Waals surface area (Å²) >= 11 is 9.35. The van der Waals surface area contributed by atoms with Gasteiger partial charge in [-0.3, -0.25) is 19.8 Å². The van der Waals surface area contributed by atoms with Gasteiger partial charge in [0.25, 0.3) is 5.91 Å². The summed E-state index contributed by atoms with van der Waals surface area (Å²) < 4.78 is 7.50. The molecule has 10 heteroatoms. The molecule has 0 saturated heterocycles. The van der Waals surface area contributed by atoms with E-state index < -0.39 is 17.7 Å². The zero-order chi connectivity index (χ0) is 24.9. The van der Waals surface area contributed by atoms with E-state index in [9.17, 15) is 14.4 Å². The van der Waals surface area contributed by atoms with Gasteiger partial charge in [0.1, 0.15) is 11.4 Å². The monoisotopic (exact) mass is 554 g/mol. The van der Waals surface area contributed by atoms with Crippen LogP contribution < -0.4 is 20.8 Å². The lowest BCUT2D eigenvalue weighted by Crippen LogP contribution is -2.36. The van der Waals surface area contributed by atoms with Crippen molar-refractivity contribution in [3.63, 3.8) is 0 Å². The van der Waals surface area contributed by atoms with Gasteiger partial charge in [0, 0.05) is 26.3 Å². The van der Waals surface area contributed by atoms with Crippen LogP contribution in [-0.2, 0) is 9.59 Å². The molecule has 0 aliphatic heterocycles. The fraction of sp³-hybridized carbons (Fsp3) is 0.0800. The number of nitrogens with one attached hydrogen (secondary N) is 3. The van der Waals surface area contributed by atoms with E-state index in [0.717, 1.165) is 4.47 Å². The fourth-order valence-electron chi connectivity index (χ4n) is 3.38. The number of nitrogens with zero attached hydrogens (tertiary/aromatic N) is 1. The minimum absolute atomic E-state index is 0.135. The molecule has 3 amide bonds. The van der Waals surface area contributed by atoms with Crippen LogP contribution in [0.2, 0.25) is 5.02 Å². The molecule has 35 heavy (non-hydrogen) atoms. The smallest absolute Gasteiger partial charge is 0.328 e. The summed E-state index contributed by atoms with van der Waals surface area (Å²) in [6.07, 6.45) is 0. The van der Waals surface area contributed by atoms with Crippen molar-refractivity contribution in [3.8, 4) is 5.75 Å². The van der Waals surface area contributed by atoms with Crippen LogP contribution in [0.5, 0.6) is 5.75 Å². The Bertz CT molecular complexity index is 1420. The summed E-state index contributed by atoms with van der Waals surface area (Å²) in [6, 6.07) is 20.3. The Hall–Kier alpha value is -3.82. The predicted molar refractivity (Wildman–Crippen MR) is 140 cm³/mol. The van der Waals surface area contributed by atoms with Gasteiger partial charge >= 0.3 is 11.8 Å². The minimum Gasteiger partial charge on any atom is -0.494 e. The van der Waals surface area contributed by atoms with Gasteiger partial charge in [-0.05, 0) is 73.7 Å². The lowest BCUT2D eigenvalue weighted by Gasteiger charge is -2.13. The Morgan fingerprint density at radius 3 is 2.40 bits per heavy atom. The van der Waals surface area contributed by atoms with Gasteiger partial charge in [-0.15, -0.1) is 0 Å². The summed E-state index contributed by atoms with van der Waals surface area (Å²) in [7, 11) is 0. The van der Waals surface area contributed by atoms with E-state index in [4.69, 9.17) is 16.3 Å². The number of halogens is 2. The van der Waals surface area contributed by atoms with Gasteiger partial charge in [0.2, 0.25) is 0 Å². The number of carbonyl (C=O) groups is 3. The lowest BCUT2D eigenvalue weighted by atomic mass is 10.2. The molecule has 0 aliphatic carbocycles. The molecule has 1 heterocycles. The molecule has 3 N–H and O–H groups in total. The van der Waals surface area contributed by atoms with Gasteiger partial charge in [-0.25, -0.2) is 4.68 Å². The van der Waals surface area contributed by atoms with Crippen LogP contribution in [0.15, 0.2) is 77.3 Å². The molecule has 0 bridgehead atoms. The van der Waals surface area contributed by atoms with E-state index in [0.29, 0.717) is 39.7 Å². The molecule has 0 radical (unpaired) electrons. The van der Waals surface area contributed by atoms with Crippen LogP contribution in [0, 0.1) is 0 Å². The summed E-state index contributed by atoms with van der Waals surface area (Å²) in [6.45, 7) is 2.42. The highest BCUT2D eigenvalue weighted by atomic mass is 79.9. The Morgan fingerprint density at radius 1 is 0.914 bits per heavy atom. The van der Waals surface area contributed by atoms with Gasteiger partial charge in [-0.2, -0.15) is 0 Å². The number of rotatable bonds is 6. The van der Waals surface area contributed by atoms with Gasteiger partial charge in [-0.1, -0.05) is 33.6 Å². The van der Waals surface area contributed by atoms with Crippen molar-refractivity contribution in [1.82, 2.24) is 4.68 Å². The van der Waals surface area contributed by atoms with E-state index in [1.54, 1.807) is 66.7 Å². The van der Waals surface area contributed by atoms with Crippen LogP contribution >= 0.6 is 27.5 Å². The summed E-state index contributed by atoms with van der Waals surface area (Å²) in [5.41, 5.74) is 4.10. The Balaban J connectivity index is 1.59. The molecule has 178 valence electrons. The molecule has 0 spiro atoms. The molecule has 0 saturated carbocycles. The second-order valence-electron chi connectivity index (χ2n) is 7.39. The number of hydrogen-bond donors (Lipinski definition) is 3. The maximum absolute atomic E-state index is 13.1. The topological polar surface area (TPSA) is 101 Å². The van der Waals surface area contributed by atoms with Crippen LogP contribution in [-0.4, -0.2) is 29.0 Å². The molecular weight excluding hydrogens is 536 g/mol. The Labute approximate surface area is 214 Å². The summed E-state index contributed by atoms with van der Waals surface area (Å²) in [5.74, 6) is -1.66. The summed E-state index contributed by atoms with van der Waals surface area (Å²) in [5, 5.41) is 6.39. The first kappa shape index (κ1) is 24.3. The number of ether oxygens (including phenoxy) is 1. The molecule has 0 aliphatic rings.